The molecule has 0 spiro atoms. The predicted octanol–water partition coefficient (Wildman–Crippen LogP) is 1.09. The maximum Gasteiger partial charge on any atom is 0.0933 e. The van der Waals surface area contributed by atoms with E-state index in [1.54, 1.807) is 0 Å². The third-order valence-corrected chi connectivity index (χ3v) is 1.62. The van der Waals surface area contributed by atoms with Crippen molar-refractivity contribution in [2.45, 2.75) is 13.0 Å². The van der Waals surface area contributed by atoms with E-state index >= 15 is 0 Å². The van der Waals surface area contributed by atoms with E-state index < -0.39 is 0 Å². The molecule has 0 heterocycles. The second kappa shape index (κ2) is 6.60. The van der Waals surface area contributed by atoms with E-state index in [0.717, 1.165) is 12.0 Å². The van der Waals surface area contributed by atoms with E-state index in [-0.39, 0.29) is 6.61 Å². The highest BCUT2D eigenvalue weighted by molar-refractivity contribution is 5.13. The summed E-state index contributed by atoms with van der Waals surface area (Å²) in [5.41, 5.74) is 3.91. The molecule has 3 nitrogen and oxygen atoms in total. The van der Waals surface area contributed by atoms with Gasteiger partial charge in [0, 0.05) is 13.2 Å². The van der Waals surface area contributed by atoms with Crippen molar-refractivity contribution in [3.05, 3.63) is 35.9 Å². The van der Waals surface area contributed by atoms with Crippen LogP contribution in [-0.2, 0) is 11.4 Å². The summed E-state index contributed by atoms with van der Waals surface area (Å²) in [5, 5.41) is 8.49. The Labute approximate surface area is 78.3 Å². The minimum absolute atomic E-state index is 0.196. The summed E-state index contributed by atoms with van der Waals surface area (Å²) in [6.45, 7) is 1.44. The summed E-state index contributed by atoms with van der Waals surface area (Å²) in [7, 11) is 0. The molecule has 1 aromatic carbocycles. The van der Waals surface area contributed by atoms with Crippen LogP contribution in [0.1, 0.15) is 12.0 Å². The van der Waals surface area contributed by atoms with E-state index in [1.165, 1.54) is 0 Å². The third kappa shape index (κ3) is 4.62. The van der Waals surface area contributed by atoms with Crippen molar-refractivity contribution >= 4 is 0 Å². The number of hydroxylamine groups is 1. The largest absolute Gasteiger partial charge is 0.396 e. The summed E-state index contributed by atoms with van der Waals surface area (Å²) in [6.07, 6.45) is 0.717. The molecular formula is C10H15NO2. The number of hydrogen-bond acceptors (Lipinski definition) is 3. The monoisotopic (exact) mass is 181 g/mol. The molecule has 0 aliphatic heterocycles. The lowest BCUT2D eigenvalue weighted by Gasteiger charge is -2.04. The Hall–Kier alpha value is -0.900. The zero-order valence-electron chi connectivity index (χ0n) is 7.57. The van der Waals surface area contributed by atoms with Crippen molar-refractivity contribution in [1.82, 2.24) is 5.48 Å². The van der Waals surface area contributed by atoms with Crippen LogP contribution in [0, 0.1) is 0 Å². The lowest BCUT2D eigenvalue weighted by molar-refractivity contribution is 0.0252. The SMILES string of the molecule is OCCCNOCc1ccccc1. The molecule has 0 aliphatic carbocycles. The molecule has 1 rings (SSSR count). The molecule has 0 atom stereocenters. The average Bonchev–Trinajstić information content (AvgIpc) is 2.19. The van der Waals surface area contributed by atoms with Crippen molar-refractivity contribution in [2.24, 2.45) is 0 Å². The van der Waals surface area contributed by atoms with Gasteiger partial charge in [-0.15, -0.1) is 0 Å². The van der Waals surface area contributed by atoms with Gasteiger partial charge in [0.15, 0.2) is 0 Å². The van der Waals surface area contributed by atoms with E-state index in [2.05, 4.69) is 5.48 Å². The standard InChI is InChI=1S/C10H15NO2/c12-8-4-7-11-13-9-10-5-2-1-3-6-10/h1-3,5-6,11-12H,4,7-9H2. The number of aliphatic hydroxyl groups excluding tert-OH is 1. The van der Waals surface area contributed by atoms with Gasteiger partial charge in [0.05, 0.1) is 6.61 Å². The Morgan fingerprint density at radius 2 is 2.00 bits per heavy atom. The summed E-state index contributed by atoms with van der Waals surface area (Å²) in [5.74, 6) is 0. The first kappa shape index (κ1) is 10.2. The molecule has 0 radical (unpaired) electrons. The maximum atomic E-state index is 8.49. The predicted molar refractivity (Wildman–Crippen MR) is 50.9 cm³/mol. The molecule has 0 fully saturated rings. The van der Waals surface area contributed by atoms with E-state index in [4.69, 9.17) is 9.94 Å². The number of hydrogen-bond donors (Lipinski definition) is 2. The number of aliphatic hydroxyl groups is 1. The Morgan fingerprint density at radius 3 is 2.69 bits per heavy atom. The second-order valence-corrected chi connectivity index (χ2v) is 2.75. The van der Waals surface area contributed by atoms with Gasteiger partial charge in [0.2, 0.25) is 0 Å². The van der Waals surface area contributed by atoms with Crippen molar-refractivity contribution in [3.63, 3.8) is 0 Å². The van der Waals surface area contributed by atoms with Gasteiger partial charge in [0.1, 0.15) is 0 Å². The fourth-order valence-corrected chi connectivity index (χ4v) is 0.932. The van der Waals surface area contributed by atoms with Crippen molar-refractivity contribution in [2.75, 3.05) is 13.2 Å². The van der Waals surface area contributed by atoms with E-state index in [0.29, 0.717) is 13.2 Å². The number of rotatable bonds is 6. The van der Waals surface area contributed by atoms with Crippen LogP contribution in [0.4, 0.5) is 0 Å². The summed E-state index contributed by atoms with van der Waals surface area (Å²) < 4.78 is 0. The van der Waals surface area contributed by atoms with Crippen molar-refractivity contribution in [3.8, 4) is 0 Å². The zero-order valence-corrected chi connectivity index (χ0v) is 7.57. The molecule has 3 heteroatoms. The van der Waals surface area contributed by atoms with Gasteiger partial charge in [-0.2, -0.15) is 0 Å². The lowest BCUT2D eigenvalue weighted by Crippen LogP contribution is -2.16. The molecule has 1 aromatic rings. The zero-order chi connectivity index (χ0) is 9.36. The summed E-state index contributed by atoms with van der Waals surface area (Å²) >= 11 is 0. The molecule has 0 amide bonds. The lowest BCUT2D eigenvalue weighted by atomic mass is 10.2. The molecule has 2 N–H and O–H groups in total. The fraction of sp³-hybridized carbons (Fsp3) is 0.400. The molecular weight excluding hydrogens is 166 g/mol. The minimum Gasteiger partial charge on any atom is -0.396 e. The van der Waals surface area contributed by atoms with Crippen LogP contribution >= 0.6 is 0 Å². The van der Waals surface area contributed by atoms with Gasteiger partial charge in [-0.05, 0) is 12.0 Å². The van der Waals surface area contributed by atoms with Crippen molar-refractivity contribution < 1.29 is 9.94 Å². The fourth-order valence-electron chi connectivity index (χ4n) is 0.932. The van der Waals surface area contributed by atoms with Crippen LogP contribution in [0.2, 0.25) is 0 Å². The molecule has 0 aliphatic rings. The molecule has 13 heavy (non-hydrogen) atoms. The highest BCUT2D eigenvalue weighted by Gasteiger charge is 1.90. The smallest absolute Gasteiger partial charge is 0.0933 e. The molecule has 0 bridgehead atoms. The van der Waals surface area contributed by atoms with Crippen LogP contribution in [-0.4, -0.2) is 18.3 Å². The first-order valence-corrected chi connectivity index (χ1v) is 4.43. The highest BCUT2D eigenvalue weighted by atomic mass is 16.6. The van der Waals surface area contributed by atoms with Gasteiger partial charge in [-0.25, -0.2) is 5.48 Å². The molecule has 0 aromatic heterocycles. The first-order chi connectivity index (χ1) is 6.43. The first-order valence-electron chi connectivity index (χ1n) is 4.43. The van der Waals surface area contributed by atoms with Crippen LogP contribution in [0.25, 0.3) is 0 Å². The van der Waals surface area contributed by atoms with Gasteiger partial charge in [-0.3, -0.25) is 4.84 Å². The van der Waals surface area contributed by atoms with E-state index in [9.17, 15) is 0 Å². The minimum atomic E-state index is 0.196. The maximum absolute atomic E-state index is 8.49. The van der Waals surface area contributed by atoms with Crippen molar-refractivity contribution in [1.29, 1.82) is 0 Å². The average molecular weight is 181 g/mol. The van der Waals surface area contributed by atoms with E-state index in [1.807, 2.05) is 30.3 Å². The molecule has 72 valence electrons. The summed E-state index contributed by atoms with van der Waals surface area (Å²) in [4.78, 5) is 5.16. The second-order valence-electron chi connectivity index (χ2n) is 2.75. The van der Waals surface area contributed by atoms with Crippen LogP contribution in [0.3, 0.4) is 0 Å². The molecule has 0 saturated carbocycles. The summed E-state index contributed by atoms with van der Waals surface area (Å²) in [6, 6.07) is 9.95. The highest BCUT2D eigenvalue weighted by Crippen LogP contribution is 1.98. The quantitative estimate of drug-likeness (QED) is 0.510. The number of benzene rings is 1. The Kier molecular flexibility index (Phi) is 5.17. The topological polar surface area (TPSA) is 41.5 Å². The Bertz CT molecular complexity index is 213. The number of nitrogens with one attached hydrogen (secondary N) is 1. The molecule has 0 unspecified atom stereocenters. The van der Waals surface area contributed by atoms with Crippen LogP contribution < -0.4 is 5.48 Å². The van der Waals surface area contributed by atoms with Gasteiger partial charge in [0.25, 0.3) is 0 Å². The normalized spacial score (nSPS) is 10.2. The van der Waals surface area contributed by atoms with Gasteiger partial charge < -0.3 is 5.11 Å². The van der Waals surface area contributed by atoms with Gasteiger partial charge >= 0.3 is 0 Å². The van der Waals surface area contributed by atoms with Crippen LogP contribution in [0.5, 0.6) is 0 Å². The molecule has 0 saturated heterocycles. The van der Waals surface area contributed by atoms with Crippen LogP contribution in [0.15, 0.2) is 30.3 Å². The Morgan fingerprint density at radius 1 is 1.23 bits per heavy atom. The van der Waals surface area contributed by atoms with Gasteiger partial charge in [-0.1, -0.05) is 30.3 Å². The third-order valence-electron chi connectivity index (χ3n) is 1.62. The Balaban J connectivity index is 2.07.